The lowest BCUT2D eigenvalue weighted by Gasteiger charge is -2.20. The Morgan fingerprint density at radius 1 is 1.44 bits per heavy atom. The van der Waals surface area contributed by atoms with Crippen LogP contribution in [-0.4, -0.2) is 16.8 Å². The van der Waals surface area contributed by atoms with Crippen LogP contribution in [-0.2, 0) is 6.42 Å². The monoisotopic (exact) mass is 234 g/mol. The van der Waals surface area contributed by atoms with Crippen LogP contribution in [0.25, 0.3) is 0 Å². The lowest BCUT2D eigenvalue weighted by Crippen LogP contribution is -2.21. The Bertz CT molecular complexity index is 367. The fraction of sp³-hybridized carbons (Fsp3) is 0.500. The average Bonchev–Trinajstić information content (AvgIpc) is 2.39. The quantitative estimate of drug-likeness (QED) is 0.741. The Kier molecular flexibility index (Phi) is 4.05. The van der Waals surface area contributed by atoms with Crippen molar-refractivity contribution in [2.75, 3.05) is 5.75 Å². The van der Waals surface area contributed by atoms with Gasteiger partial charge in [-0.05, 0) is 36.6 Å². The predicted molar refractivity (Wildman–Crippen MR) is 70.2 cm³/mol. The molecule has 1 aliphatic rings. The van der Waals surface area contributed by atoms with E-state index in [0.29, 0.717) is 5.78 Å². The van der Waals surface area contributed by atoms with Gasteiger partial charge in [0, 0.05) is 5.56 Å². The molecule has 1 heterocycles. The third kappa shape index (κ3) is 2.67. The van der Waals surface area contributed by atoms with E-state index in [0.717, 1.165) is 24.2 Å². The summed E-state index contributed by atoms with van der Waals surface area (Å²) in [6.45, 7) is 2.12. The molecule has 1 saturated heterocycles. The molecule has 0 spiro atoms. The van der Waals surface area contributed by atoms with Gasteiger partial charge in [0.1, 0.15) is 0 Å². The largest absolute Gasteiger partial charge is 0.293 e. The Hall–Kier alpha value is -0.760. The maximum atomic E-state index is 12.2. The van der Waals surface area contributed by atoms with Crippen molar-refractivity contribution in [2.45, 2.75) is 37.9 Å². The van der Waals surface area contributed by atoms with Crippen LogP contribution in [0.5, 0.6) is 0 Å². The van der Waals surface area contributed by atoms with Crippen molar-refractivity contribution in [3.8, 4) is 0 Å². The molecule has 0 radical (unpaired) electrons. The maximum Gasteiger partial charge on any atom is 0.175 e. The highest BCUT2D eigenvalue weighted by Crippen LogP contribution is 2.28. The molecular weight excluding hydrogens is 216 g/mol. The molecule has 0 bridgehead atoms. The zero-order valence-corrected chi connectivity index (χ0v) is 10.6. The van der Waals surface area contributed by atoms with Crippen LogP contribution in [0.3, 0.4) is 0 Å². The summed E-state index contributed by atoms with van der Waals surface area (Å²) < 4.78 is 0. The van der Waals surface area contributed by atoms with E-state index < -0.39 is 0 Å². The number of hydrogen-bond donors (Lipinski definition) is 0. The summed E-state index contributed by atoms with van der Waals surface area (Å²) in [7, 11) is 0. The minimum absolute atomic E-state index is 0.209. The number of carbonyl (C=O) groups excluding carboxylic acids is 1. The van der Waals surface area contributed by atoms with Gasteiger partial charge in [-0.2, -0.15) is 11.8 Å². The van der Waals surface area contributed by atoms with Crippen molar-refractivity contribution in [3.63, 3.8) is 0 Å². The maximum absolute atomic E-state index is 12.2. The lowest BCUT2D eigenvalue weighted by molar-refractivity contribution is 0.0984. The minimum Gasteiger partial charge on any atom is -0.293 e. The molecule has 1 aliphatic heterocycles. The summed E-state index contributed by atoms with van der Waals surface area (Å²) in [6.07, 6.45) is 4.53. The topological polar surface area (TPSA) is 17.1 Å². The summed E-state index contributed by atoms with van der Waals surface area (Å²) in [5.41, 5.74) is 2.16. The lowest BCUT2D eigenvalue weighted by atomic mass is 10.0. The standard InChI is InChI=1S/C14H18OS/c1-2-11-6-5-7-12(10-11)14(15)13-8-3-4-9-16-13/h5-7,10,13H,2-4,8-9H2,1H3. The smallest absolute Gasteiger partial charge is 0.175 e. The van der Waals surface area contributed by atoms with Crippen LogP contribution in [0.2, 0.25) is 0 Å². The normalized spacial score (nSPS) is 20.7. The molecule has 16 heavy (non-hydrogen) atoms. The average molecular weight is 234 g/mol. The van der Waals surface area contributed by atoms with Crippen LogP contribution < -0.4 is 0 Å². The van der Waals surface area contributed by atoms with Gasteiger partial charge in [-0.3, -0.25) is 4.79 Å². The van der Waals surface area contributed by atoms with Gasteiger partial charge in [0.25, 0.3) is 0 Å². The van der Waals surface area contributed by atoms with Gasteiger partial charge in [-0.1, -0.05) is 31.5 Å². The highest BCUT2D eigenvalue weighted by Gasteiger charge is 2.22. The molecule has 1 aromatic carbocycles. The minimum atomic E-state index is 0.209. The van der Waals surface area contributed by atoms with Crippen molar-refractivity contribution >= 4 is 17.5 Å². The number of hydrogen-bond acceptors (Lipinski definition) is 2. The molecule has 0 aromatic heterocycles. The van der Waals surface area contributed by atoms with E-state index in [-0.39, 0.29) is 5.25 Å². The number of Topliss-reactive ketones (excluding diaryl/α,β-unsaturated/α-hetero) is 1. The van der Waals surface area contributed by atoms with E-state index in [4.69, 9.17) is 0 Å². The predicted octanol–water partition coefficient (Wildman–Crippen LogP) is 3.72. The molecule has 0 saturated carbocycles. The van der Waals surface area contributed by atoms with E-state index >= 15 is 0 Å². The van der Waals surface area contributed by atoms with E-state index in [1.54, 1.807) is 0 Å². The van der Waals surface area contributed by atoms with Crippen molar-refractivity contribution in [2.24, 2.45) is 0 Å². The molecule has 0 amide bonds. The van der Waals surface area contributed by atoms with Crippen LogP contribution in [0.4, 0.5) is 0 Å². The fourth-order valence-electron chi connectivity index (χ4n) is 2.08. The number of benzene rings is 1. The van der Waals surface area contributed by atoms with E-state index in [1.807, 2.05) is 23.9 Å². The second-order valence-corrected chi connectivity index (χ2v) is 5.58. The molecule has 86 valence electrons. The molecular formula is C14H18OS. The van der Waals surface area contributed by atoms with Crippen molar-refractivity contribution in [1.82, 2.24) is 0 Å². The number of carbonyl (C=O) groups is 1. The Balaban J connectivity index is 2.12. The summed E-state index contributed by atoms with van der Waals surface area (Å²) in [5.74, 6) is 1.48. The van der Waals surface area contributed by atoms with Crippen molar-refractivity contribution in [3.05, 3.63) is 35.4 Å². The molecule has 0 aliphatic carbocycles. The molecule has 1 unspecified atom stereocenters. The molecule has 1 atom stereocenters. The molecule has 2 heteroatoms. The molecule has 0 N–H and O–H groups in total. The van der Waals surface area contributed by atoms with E-state index in [2.05, 4.69) is 19.1 Å². The first-order valence-electron chi connectivity index (χ1n) is 6.06. The van der Waals surface area contributed by atoms with E-state index in [1.165, 1.54) is 18.4 Å². The second-order valence-electron chi connectivity index (χ2n) is 4.27. The van der Waals surface area contributed by atoms with Crippen LogP contribution in [0.15, 0.2) is 24.3 Å². The molecule has 1 nitrogen and oxygen atoms in total. The van der Waals surface area contributed by atoms with Crippen molar-refractivity contribution in [1.29, 1.82) is 0 Å². The van der Waals surface area contributed by atoms with Gasteiger partial charge in [0.15, 0.2) is 5.78 Å². The van der Waals surface area contributed by atoms with Crippen LogP contribution >= 0.6 is 11.8 Å². The van der Waals surface area contributed by atoms with E-state index in [9.17, 15) is 4.79 Å². The van der Waals surface area contributed by atoms with Gasteiger partial charge in [-0.25, -0.2) is 0 Å². The van der Waals surface area contributed by atoms with Crippen molar-refractivity contribution < 1.29 is 4.79 Å². The molecule has 2 rings (SSSR count). The highest BCUT2D eigenvalue weighted by atomic mass is 32.2. The Morgan fingerprint density at radius 2 is 2.31 bits per heavy atom. The number of rotatable bonds is 3. The van der Waals surface area contributed by atoms with Crippen LogP contribution in [0.1, 0.15) is 42.1 Å². The zero-order chi connectivity index (χ0) is 11.4. The summed E-state index contributed by atoms with van der Waals surface area (Å²) in [5, 5.41) is 0.209. The van der Waals surface area contributed by atoms with Gasteiger partial charge >= 0.3 is 0 Å². The number of ketones is 1. The Morgan fingerprint density at radius 3 is 3.00 bits per heavy atom. The van der Waals surface area contributed by atoms with Crippen LogP contribution in [0, 0.1) is 0 Å². The highest BCUT2D eigenvalue weighted by molar-refractivity contribution is 8.00. The Labute approximate surface area is 102 Å². The van der Waals surface area contributed by atoms with Gasteiger partial charge in [0.2, 0.25) is 0 Å². The second kappa shape index (κ2) is 5.53. The molecule has 1 aromatic rings. The zero-order valence-electron chi connectivity index (χ0n) is 9.74. The first kappa shape index (κ1) is 11.7. The van der Waals surface area contributed by atoms with Gasteiger partial charge in [0.05, 0.1) is 5.25 Å². The first-order chi connectivity index (χ1) is 7.81. The number of thioether (sulfide) groups is 1. The summed E-state index contributed by atoms with van der Waals surface area (Å²) >= 11 is 1.83. The SMILES string of the molecule is CCc1cccc(C(=O)C2CCCCS2)c1. The number of aryl methyl sites for hydroxylation is 1. The third-order valence-electron chi connectivity index (χ3n) is 3.09. The third-order valence-corrected chi connectivity index (χ3v) is 4.47. The summed E-state index contributed by atoms with van der Waals surface area (Å²) in [6, 6.07) is 8.10. The van der Waals surface area contributed by atoms with Gasteiger partial charge in [-0.15, -0.1) is 0 Å². The van der Waals surface area contributed by atoms with Gasteiger partial charge < -0.3 is 0 Å². The fourth-order valence-corrected chi connectivity index (χ4v) is 3.35. The summed E-state index contributed by atoms with van der Waals surface area (Å²) in [4.78, 5) is 12.2. The molecule has 1 fully saturated rings. The first-order valence-corrected chi connectivity index (χ1v) is 7.11.